The lowest BCUT2D eigenvalue weighted by atomic mass is 10.3. The molecule has 1 rings (SSSR count). The maximum Gasteiger partial charge on any atom is 0.241 e. The summed E-state index contributed by atoms with van der Waals surface area (Å²) in [6.07, 6.45) is 1.06. The molecular formula is C10H19N5O3S. The van der Waals surface area contributed by atoms with Gasteiger partial charge < -0.3 is 11.1 Å². The molecule has 9 heteroatoms. The summed E-state index contributed by atoms with van der Waals surface area (Å²) in [4.78, 5) is 11.6. The second kappa shape index (κ2) is 6.02. The van der Waals surface area contributed by atoms with Gasteiger partial charge in [-0.25, -0.2) is 13.1 Å². The molecule has 1 heterocycles. The van der Waals surface area contributed by atoms with Crippen LogP contribution in [0, 0.1) is 13.8 Å². The standard InChI is InChI=1S/C10H19N5O3S/c1-7-10(11)8(2)15(14-7)6-9(16)12-4-5-13-19(3,17)18/h13H,4-6,11H2,1-3H3,(H,12,16). The predicted molar refractivity (Wildman–Crippen MR) is 72.0 cm³/mol. The van der Waals surface area contributed by atoms with Crippen LogP contribution in [-0.4, -0.2) is 43.5 Å². The molecule has 0 aliphatic carbocycles. The van der Waals surface area contributed by atoms with Crippen molar-refractivity contribution in [3.8, 4) is 0 Å². The van der Waals surface area contributed by atoms with Crippen molar-refractivity contribution in [2.75, 3.05) is 25.1 Å². The molecule has 0 fully saturated rings. The number of nitrogens with two attached hydrogens (primary N) is 1. The third-order valence-corrected chi connectivity index (χ3v) is 3.27. The van der Waals surface area contributed by atoms with Crippen LogP contribution in [0.15, 0.2) is 0 Å². The van der Waals surface area contributed by atoms with Crippen LogP contribution >= 0.6 is 0 Å². The molecule has 0 atom stereocenters. The van der Waals surface area contributed by atoms with Gasteiger partial charge in [-0.05, 0) is 13.8 Å². The van der Waals surface area contributed by atoms with Gasteiger partial charge in [-0.2, -0.15) is 5.10 Å². The number of aromatic nitrogens is 2. The van der Waals surface area contributed by atoms with E-state index in [-0.39, 0.29) is 25.5 Å². The highest BCUT2D eigenvalue weighted by Gasteiger charge is 2.11. The maximum absolute atomic E-state index is 11.6. The van der Waals surface area contributed by atoms with Gasteiger partial charge in [0.1, 0.15) is 6.54 Å². The van der Waals surface area contributed by atoms with Gasteiger partial charge in [-0.1, -0.05) is 0 Å². The second-order valence-corrected chi connectivity index (χ2v) is 6.09. The van der Waals surface area contributed by atoms with Crippen molar-refractivity contribution in [1.29, 1.82) is 0 Å². The first-order valence-electron chi connectivity index (χ1n) is 5.71. The van der Waals surface area contributed by atoms with Crippen molar-refractivity contribution in [3.05, 3.63) is 11.4 Å². The molecule has 0 aromatic carbocycles. The molecule has 1 aromatic heterocycles. The van der Waals surface area contributed by atoms with Crippen LogP contribution in [-0.2, 0) is 21.4 Å². The highest BCUT2D eigenvalue weighted by atomic mass is 32.2. The molecular weight excluding hydrogens is 270 g/mol. The van der Waals surface area contributed by atoms with Gasteiger partial charge in [0.15, 0.2) is 0 Å². The zero-order valence-electron chi connectivity index (χ0n) is 11.2. The Balaban J connectivity index is 2.41. The summed E-state index contributed by atoms with van der Waals surface area (Å²) in [6.45, 7) is 3.99. The van der Waals surface area contributed by atoms with E-state index in [9.17, 15) is 13.2 Å². The number of rotatable bonds is 6. The van der Waals surface area contributed by atoms with Gasteiger partial charge in [0, 0.05) is 13.1 Å². The van der Waals surface area contributed by atoms with E-state index in [4.69, 9.17) is 5.73 Å². The molecule has 0 saturated heterocycles. The van der Waals surface area contributed by atoms with E-state index >= 15 is 0 Å². The Bertz CT molecular complexity index is 564. The molecule has 1 amide bonds. The largest absolute Gasteiger partial charge is 0.396 e. The number of anilines is 1. The van der Waals surface area contributed by atoms with Crippen molar-refractivity contribution in [2.45, 2.75) is 20.4 Å². The molecule has 0 radical (unpaired) electrons. The second-order valence-electron chi connectivity index (χ2n) is 4.26. The highest BCUT2D eigenvalue weighted by Crippen LogP contribution is 2.14. The average molecular weight is 289 g/mol. The molecule has 1 aromatic rings. The molecule has 108 valence electrons. The Morgan fingerprint density at radius 2 is 2.00 bits per heavy atom. The summed E-state index contributed by atoms with van der Waals surface area (Å²) in [5.74, 6) is -0.249. The van der Waals surface area contributed by atoms with Crippen molar-refractivity contribution in [2.24, 2.45) is 0 Å². The fraction of sp³-hybridized carbons (Fsp3) is 0.600. The van der Waals surface area contributed by atoms with Crippen LogP contribution in [0.3, 0.4) is 0 Å². The Kier molecular flexibility index (Phi) is 4.90. The van der Waals surface area contributed by atoms with Gasteiger partial charge >= 0.3 is 0 Å². The zero-order valence-corrected chi connectivity index (χ0v) is 12.0. The van der Waals surface area contributed by atoms with Crippen molar-refractivity contribution < 1.29 is 13.2 Å². The van der Waals surface area contributed by atoms with Crippen LogP contribution in [0.2, 0.25) is 0 Å². The summed E-state index contributed by atoms with van der Waals surface area (Å²) in [5.41, 5.74) is 7.75. The minimum Gasteiger partial charge on any atom is -0.396 e. The number of hydrogen-bond donors (Lipinski definition) is 3. The predicted octanol–water partition coefficient (Wildman–Crippen LogP) is -1.25. The van der Waals surface area contributed by atoms with Gasteiger partial charge in [-0.15, -0.1) is 0 Å². The normalized spacial score (nSPS) is 11.5. The van der Waals surface area contributed by atoms with Crippen molar-refractivity contribution in [1.82, 2.24) is 19.8 Å². The molecule has 0 aliphatic rings. The SMILES string of the molecule is Cc1nn(CC(=O)NCCNS(C)(=O)=O)c(C)c1N. The number of nitrogens with one attached hydrogen (secondary N) is 2. The van der Waals surface area contributed by atoms with Gasteiger partial charge in [0.25, 0.3) is 0 Å². The lowest BCUT2D eigenvalue weighted by Crippen LogP contribution is -2.36. The molecule has 0 saturated carbocycles. The first kappa shape index (κ1) is 15.4. The Hall–Kier alpha value is -1.61. The van der Waals surface area contributed by atoms with E-state index in [2.05, 4.69) is 15.1 Å². The smallest absolute Gasteiger partial charge is 0.241 e. The molecule has 19 heavy (non-hydrogen) atoms. The first-order chi connectivity index (χ1) is 8.70. The molecule has 0 aliphatic heterocycles. The van der Waals surface area contributed by atoms with E-state index in [0.717, 1.165) is 11.9 Å². The summed E-state index contributed by atoms with van der Waals surface area (Å²) in [7, 11) is -3.23. The zero-order chi connectivity index (χ0) is 14.6. The van der Waals surface area contributed by atoms with E-state index in [1.807, 2.05) is 0 Å². The van der Waals surface area contributed by atoms with Gasteiger partial charge in [0.2, 0.25) is 15.9 Å². The summed E-state index contributed by atoms with van der Waals surface area (Å²) in [6, 6.07) is 0. The Labute approximate surface area is 112 Å². The van der Waals surface area contributed by atoms with E-state index in [1.165, 1.54) is 4.68 Å². The molecule has 0 bridgehead atoms. The number of nitrogens with zero attached hydrogens (tertiary/aromatic N) is 2. The molecule has 8 nitrogen and oxygen atoms in total. The van der Waals surface area contributed by atoms with Crippen molar-refractivity contribution in [3.63, 3.8) is 0 Å². The third-order valence-electron chi connectivity index (χ3n) is 2.54. The third kappa shape index (κ3) is 4.87. The highest BCUT2D eigenvalue weighted by molar-refractivity contribution is 7.88. The van der Waals surface area contributed by atoms with E-state index in [1.54, 1.807) is 13.8 Å². The van der Waals surface area contributed by atoms with E-state index in [0.29, 0.717) is 11.4 Å². The van der Waals surface area contributed by atoms with Crippen LogP contribution in [0.1, 0.15) is 11.4 Å². The van der Waals surface area contributed by atoms with Crippen LogP contribution < -0.4 is 15.8 Å². The summed E-state index contributed by atoms with van der Waals surface area (Å²) < 4.78 is 25.4. The minimum atomic E-state index is -3.23. The number of sulfonamides is 1. The first-order valence-corrected chi connectivity index (χ1v) is 7.60. The maximum atomic E-state index is 11.6. The summed E-state index contributed by atoms with van der Waals surface area (Å²) >= 11 is 0. The Morgan fingerprint density at radius 1 is 1.37 bits per heavy atom. The monoisotopic (exact) mass is 289 g/mol. The minimum absolute atomic E-state index is 0.0583. The number of hydrogen-bond acceptors (Lipinski definition) is 5. The topological polar surface area (TPSA) is 119 Å². The van der Waals surface area contributed by atoms with Gasteiger partial charge in [0.05, 0.1) is 23.3 Å². The fourth-order valence-electron chi connectivity index (χ4n) is 1.49. The molecule has 4 N–H and O–H groups in total. The van der Waals surface area contributed by atoms with E-state index < -0.39 is 10.0 Å². The lowest BCUT2D eigenvalue weighted by molar-refractivity contribution is -0.121. The van der Waals surface area contributed by atoms with Crippen LogP contribution in [0.4, 0.5) is 5.69 Å². The summed E-state index contributed by atoms with van der Waals surface area (Å²) in [5, 5.41) is 6.73. The van der Waals surface area contributed by atoms with Crippen LogP contribution in [0.25, 0.3) is 0 Å². The lowest BCUT2D eigenvalue weighted by Gasteiger charge is -2.07. The average Bonchev–Trinajstić information content (AvgIpc) is 2.51. The number of amides is 1. The molecule has 0 unspecified atom stereocenters. The Morgan fingerprint density at radius 3 is 2.47 bits per heavy atom. The quantitative estimate of drug-likeness (QED) is 0.565. The number of nitrogen functional groups attached to an aromatic ring is 1. The number of carbonyl (C=O) groups is 1. The number of aryl methyl sites for hydroxylation is 1. The van der Waals surface area contributed by atoms with Crippen LogP contribution in [0.5, 0.6) is 0 Å². The fourth-order valence-corrected chi connectivity index (χ4v) is 1.97. The van der Waals surface area contributed by atoms with Crippen molar-refractivity contribution >= 4 is 21.6 Å². The van der Waals surface area contributed by atoms with Gasteiger partial charge in [-0.3, -0.25) is 9.48 Å². The molecule has 0 spiro atoms. The number of carbonyl (C=O) groups excluding carboxylic acids is 1.